The lowest BCUT2D eigenvalue weighted by molar-refractivity contribution is -0.315. The third-order valence-corrected chi connectivity index (χ3v) is 6.14. The minimum Gasteiger partial charge on any atom is -0.493 e. The van der Waals surface area contributed by atoms with Crippen LogP contribution in [-0.2, 0) is 20.7 Å². The summed E-state index contributed by atoms with van der Waals surface area (Å²) in [6.07, 6.45) is 8.68. The van der Waals surface area contributed by atoms with Crippen LogP contribution in [0.3, 0.4) is 0 Å². The first-order chi connectivity index (χ1) is 13.0. The first-order valence-electron chi connectivity index (χ1n) is 9.08. The molecule has 1 aliphatic carbocycles. The molecule has 1 aromatic rings. The molecule has 0 bridgehead atoms. The van der Waals surface area contributed by atoms with Gasteiger partial charge >= 0.3 is 0 Å². The van der Waals surface area contributed by atoms with Crippen LogP contribution in [0, 0.1) is 5.41 Å². The lowest BCUT2D eigenvalue weighted by Gasteiger charge is -2.46. The third kappa shape index (κ3) is 2.40. The van der Waals surface area contributed by atoms with Crippen LogP contribution in [0.25, 0.3) is 0 Å². The summed E-state index contributed by atoms with van der Waals surface area (Å²) >= 11 is 0. The van der Waals surface area contributed by atoms with Gasteiger partial charge in [-0.05, 0) is 48.3 Å². The third-order valence-electron chi connectivity index (χ3n) is 6.14. The van der Waals surface area contributed by atoms with Crippen LogP contribution < -0.4 is 9.47 Å². The van der Waals surface area contributed by atoms with E-state index in [1.807, 2.05) is 12.2 Å². The highest BCUT2D eigenvalue weighted by Crippen LogP contribution is 2.59. The standard InChI is InChI=1S/C21H25NO5/c1-24-18-11-14-7-10-22-17(16(14)12-19(18)25-2)13-20(21(22,26-3)27-4)8-5-15(23)6-9-20/h5-6,8-9,11-12,17H,7,10,13H2,1-4H3. The maximum absolute atomic E-state index is 11.8. The maximum Gasteiger partial charge on any atom is 0.243 e. The molecule has 1 spiro atoms. The van der Waals surface area contributed by atoms with Gasteiger partial charge in [-0.15, -0.1) is 0 Å². The second-order valence-electron chi connectivity index (χ2n) is 7.17. The fourth-order valence-electron chi connectivity index (χ4n) is 4.93. The van der Waals surface area contributed by atoms with E-state index in [4.69, 9.17) is 18.9 Å². The van der Waals surface area contributed by atoms with Crippen molar-refractivity contribution in [2.45, 2.75) is 24.8 Å². The minimum atomic E-state index is -0.962. The largest absolute Gasteiger partial charge is 0.493 e. The lowest BCUT2D eigenvalue weighted by atomic mass is 9.77. The Morgan fingerprint density at radius 3 is 2.22 bits per heavy atom. The van der Waals surface area contributed by atoms with Gasteiger partial charge in [-0.2, -0.15) is 0 Å². The molecule has 1 aromatic carbocycles. The first kappa shape index (κ1) is 18.2. The van der Waals surface area contributed by atoms with Gasteiger partial charge in [0.05, 0.1) is 19.6 Å². The molecule has 4 rings (SSSR count). The second-order valence-corrected chi connectivity index (χ2v) is 7.17. The molecular weight excluding hydrogens is 346 g/mol. The zero-order chi connectivity index (χ0) is 19.2. The van der Waals surface area contributed by atoms with Crippen molar-refractivity contribution in [2.75, 3.05) is 35.0 Å². The molecule has 0 N–H and O–H groups in total. The molecule has 144 valence electrons. The lowest BCUT2D eigenvalue weighted by Crippen LogP contribution is -2.57. The predicted octanol–water partition coefficient (Wildman–Crippen LogP) is 2.63. The SMILES string of the molecule is COc1cc2c(cc1OC)C1CC3(C=CC(=O)C=C3)C(OC)(OC)N1CC2. The van der Waals surface area contributed by atoms with Gasteiger partial charge in [0, 0.05) is 26.8 Å². The summed E-state index contributed by atoms with van der Waals surface area (Å²) in [7, 11) is 6.62. The molecule has 2 heterocycles. The average Bonchev–Trinajstić information content (AvgIpc) is 2.98. The second kappa shape index (κ2) is 6.48. The van der Waals surface area contributed by atoms with Crippen molar-refractivity contribution in [2.24, 2.45) is 5.41 Å². The highest BCUT2D eigenvalue weighted by Gasteiger charge is 2.64. The Kier molecular flexibility index (Phi) is 4.37. The monoisotopic (exact) mass is 371 g/mol. The van der Waals surface area contributed by atoms with Crippen LogP contribution in [0.15, 0.2) is 36.4 Å². The molecule has 6 nitrogen and oxygen atoms in total. The number of rotatable bonds is 4. The summed E-state index contributed by atoms with van der Waals surface area (Å²) < 4.78 is 23.0. The highest BCUT2D eigenvalue weighted by molar-refractivity contribution is 6.00. The van der Waals surface area contributed by atoms with Crippen molar-refractivity contribution < 1.29 is 23.7 Å². The number of ketones is 1. The van der Waals surface area contributed by atoms with E-state index in [2.05, 4.69) is 17.0 Å². The van der Waals surface area contributed by atoms with Crippen LogP contribution >= 0.6 is 0 Å². The van der Waals surface area contributed by atoms with E-state index in [1.165, 1.54) is 11.1 Å². The number of fused-ring (bicyclic) bond motifs is 3. The number of benzene rings is 1. The van der Waals surface area contributed by atoms with Gasteiger partial charge in [0.2, 0.25) is 5.91 Å². The van der Waals surface area contributed by atoms with Gasteiger partial charge in [0.1, 0.15) is 0 Å². The zero-order valence-corrected chi connectivity index (χ0v) is 16.2. The van der Waals surface area contributed by atoms with E-state index in [0.29, 0.717) is 5.75 Å². The van der Waals surface area contributed by atoms with Gasteiger partial charge in [-0.1, -0.05) is 12.2 Å². The normalized spacial score (nSPS) is 24.7. The van der Waals surface area contributed by atoms with E-state index in [-0.39, 0.29) is 11.8 Å². The topological polar surface area (TPSA) is 57.2 Å². The molecule has 1 unspecified atom stereocenters. The van der Waals surface area contributed by atoms with E-state index in [0.717, 1.165) is 25.1 Å². The first-order valence-corrected chi connectivity index (χ1v) is 9.08. The predicted molar refractivity (Wildman–Crippen MR) is 99.8 cm³/mol. The number of allylic oxidation sites excluding steroid dienone is 2. The molecule has 27 heavy (non-hydrogen) atoms. The Bertz CT molecular complexity index is 808. The van der Waals surface area contributed by atoms with Crippen LogP contribution in [0.4, 0.5) is 0 Å². The fourth-order valence-corrected chi connectivity index (χ4v) is 4.93. The summed E-state index contributed by atoms with van der Waals surface area (Å²) in [6, 6.07) is 4.20. The molecule has 0 saturated carbocycles. The number of hydrogen-bond donors (Lipinski definition) is 0. The minimum absolute atomic E-state index is 0.0154. The molecule has 0 aromatic heterocycles. The molecule has 0 amide bonds. The number of nitrogens with zero attached hydrogens (tertiary/aromatic N) is 1. The van der Waals surface area contributed by atoms with Crippen LogP contribution in [0.5, 0.6) is 11.5 Å². The van der Waals surface area contributed by atoms with Crippen molar-refractivity contribution in [3.8, 4) is 11.5 Å². The summed E-state index contributed by atoms with van der Waals surface area (Å²) in [5.41, 5.74) is 1.89. The van der Waals surface area contributed by atoms with E-state index in [9.17, 15) is 4.79 Å². The van der Waals surface area contributed by atoms with Crippen LogP contribution in [0.1, 0.15) is 23.6 Å². The number of ether oxygens (including phenoxy) is 4. The van der Waals surface area contributed by atoms with Gasteiger partial charge in [-0.25, -0.2) is 4.90 Å². The Hall–Kier alpha value is -2.15. The quantitative estimate of drug-likeness (QED) is 0.759. The van der Waals surface area contributed by atoms with Crippen LogP contribution in [0.2, 0.25) is 0 Å². The molecule has 1 saturated heterocycles. The smallest absolute Gasteiger partial charge is 0.243 e. The molecule has 3 aliphatic rings. The number of carbonyl (C=O) groups is 1. The Labute approximate surface area is 159 Å². The van der Waals surface area contributed by atoms with Crippen molar-refractivity contribution >= 4 is 5.78 Å². The van der Waals surface area contributed by atoms with Crippen LogP contribution in [-0.4, -0.2) is 51.6 Å². The van der Waals surface area contributed by atoms with Gasteiger partial charge in [0.15, 0.2) is 17.3 Å². The summed E-state index contributed by atoms with van der Waals surface area (Å²) in [5, 5.41) is 0. The maximum atomic E-state index is 11.8. The Balaban J connectivity index is 1.85. The fraction of sp³-hybridized carbons (Fsp3) is 0.476. The van der Waals surface area contributed by atoms with Crippen molar-refractivity contribution in [1.82, 2.24) is 4.90 Å². The van der Waals surface area contributed by atoms with Crippen molar-refractivity contribution in [3.63, 3.8) is 0 Å². The molecule has 1 atom stereocenters. The molecular formula is C21H25NO5. The molecule has 2 aliphatic heterocycles. The number of methoxy groups -OCH3 is 4. The Morgan fingerprint density at radius 1 is 1.00 bits per heavy atom. The summed E-state index contributed by atoms with van der Waals surface area (Å²) in [5.74, 6) is 0.476. The van der Waals surface area contributed by atoms with Gasteiger partial charge < -0.3 is 18.9 Å². The van der Waals surface area contributed by atoms with Gasteiger partial charge in [-0.3, -0.25) is 4.79 Å². The van der Waals surface area contributed by atoms with E-state index in [1.54, 1.807) is 40.6 Å². The molecule has 1 fully saturated rings. The summed E-state index contributed by atoms with van der Waals surface area (Å²) in [4.78, 5) is 14.0. The zero-order valence-electron chi connectivity index (χ0n) is 16.2. The van der Waals surface area contributed by atoms with Crippen molar-refractivity contribution in [3.05, 3.63) is 47.6 Å². The van der Waals surface area contributed by atoms with Crippen molar-refractivity contribution in [1.29, 1.82) is 0 Å². The molecule has 0 radical (unpaired) electrons. The van der Waals surface area contributed by atoms with E-state index >= 15 is 0 Å². The number of hydrogen-bond acceptors (Lipinski definition) is 6. The Morgan fingerprint density at radius 2 is 1.63 bits per heavy atom. The average molecular weight is 371 g/mol. The number of carbonyl (C=O) groups excluding carboxylic acids is 1. The molecule has 6 heteroatoms. The van der Waals surface area contributed by atoms with Gasteiger partial charge in [0.25, 0.3) is 0 Å². The summed E-state index contributed by atoms with van der Waals surface area (Å²) in [6.45, 7) is 0.784. The highest BCUT2D eigenvalue weighted by atomic mass is 16.7. The van der Waals surface area contributed by atoms with E-state index < -0.39 is 11.3 Å².